The average molecular weight is 681 g/mol. The number of nitrogens with one attached hydrogen (secondary N) is 1. The van der Waals surface area contributed by atoms with E-state index < -0.39 is 23.5 Å². The molecule has 0 saturated carbocycles. The molecule has 3 aliphatic rings. The minimum atomic E-state index is -0.785. The molecule has 12 nitrogen and oxygen atoms in total. The molecule has 0 spiro atoms. The molecular weight excluding hydrogens is 649 g/mol. The largest absolute Gasteiger partial charge is 0.374 e. The van der Waals surface area contributed by atoms with E-state index in [4.69, 9.17) is 9.72 Å². The van der Waals surface area contributed by atoms with Crippen LogP contribution in [-0.4, -0.2) is 89.5 Å². The van der Waals surface area contributed by atoms with Gasteiger partial charge < -0.3 is 24.4 Å². The minimum absolute atomic E-state index is 0.0376. The van der Waals surface area contributed by atoms with E-state index in [1.165, 1.54) is 35.4 Å². The Hall–Kier alpha value is -5.57. The van der Waals surface area contributed by atoms with Crippen molar-refractivity contribution in [2.75, 3.05) is 36.5 Å². The first-order valence-corrected chi connectivity index (χ1v) is 16.5. The molecule has 1 amide bonds. The van der Waals surface area contributed by atoms with Gasteiger partial charge in [0, 0.05) is 49.9 Å². The van der Waals surface area contributed by atoms with Gasteiger partial charge in [-0.2, -0.15) is 5.10 Å². The van der Waals surface area contributed by atoms with E-state index in [0.29, 0.717) is 85.1 Å². The number of carbonyl (C=O) groups excluding carboxylic acids is 1. The Bertz CT molecular complexity index is 2310. The third-order valence-corrected chi connectivity index (χ3v) is 9.84. The van der Waals surface area contributed by atoms with Gasteiger partial charge in [-0.15, -0.1) is 0 Å². The Morgan fingerprint density at radius 2 is 1.88 bits per heavy atom. The first-order valence-electron chi connectivity index (χ1n) is 16.5. The van der Waals surface area contributed by atoms with Gasteiger partial charge in [0.15, 0.2) is 11.5 Å². The Labute approximate surface area is 283 Å². The van der Waals surface area contributed by atoms with Crippen LogP contribution in [0.15, 0.2) is 61.1 Å². The van der Waals surface area contributed by atoms with Crippen LogP contribution < -0.4 is 10.2 Å². The van der Waals surface area contributed by atoms with E-state index >= 15 is 0 Å². The maximum atomic E-state index is 15.0. The molecule has 0 aliphatic carbocycles. The van der Waals surface area contributed by atoms with Gasteiger partial charge in [-0.3, -0.25) is 4.79 Å². The smallest absolute Gasteiger partial charge is 0.245 e. The fraction of sp³-hybridized carbons (Fsp3) is 0.314. The Kier molecular flexibility index (Phi) is 7.19. The molecule has 1 unspecified atom stereocenters. The van der Waals surface area contributed by atoms with E-state index in [-0.39, 0.29) is 23.7 Å². The van der Waals surface area contributed by atoms with E-state index in [0.717, 1.165) is 23.5 Å². The van der Waals surface area contributed by atoms with Gasteiger partial charge >= 0.3 is 0 Å². The SMILES string of the molecule is Cc1nc2cc(F)cc3c2n1CCC1CN(CCO1)C(=O)[C@@H]1C[C@@H](CN1c1ncnc2c1cnn2-c1ccc(F)cc1F)Nc1cccc-3n1. The summed E-state index contributed by atoms with van der Waals surface area (Å²) in [6, 6.07) is 10.9. The molecule has 3 aliphatic heterocycles. The van der Waals surface area contributed by atoms with E-state index in [2.05, 4.69) is 29.9 Å². The topological polar surface area (TPSA) is 119 Å². The normalized spacial score (nSPS) is 20.9. The van der Waals surface area contributed by atoms with Crippen molar-refractivity contribution in [3.63, 3.8) is 0 Å². The lowest BCUT2D eigenvalue weighted by Gasteiger charge is -2.36. The van der Waals surface area contributed by atoms with Crippen LogP contribution in [0.1, 0.15) is 18.7 Å². The predicted molar refractivity (Wildman–Crippen MR) is 178 cm³/mol. The Morgan fingerprint density at radius 3 is 2.76 bits per heavy atom. The molecule has 3 atom stereocenters. The molecule has 2 fully saturated rings. The highest BCUT2D eigenvalue weighted by Crippen LogP contribution is 2.35. The first-order chi connectivity index (χ1) is 24.3. The van der Waals surface area contributed by atoms with E-state index in [1.807, 2.05) is 34.9 Å². The van der Waals surface area contributed by atoms with Crippen molar-refractivity contribution in [2.45, 2.75) is 44.5 Å². The first kappa shape index (κ1) is 30.5. The Morgan fingerprint density at radius 1 is 0.980 bits per heavy atom. The van der Waals surface area contributed by atoms with Gasteiger partial charge in [0.25, 0.3) is 0 Å². The monoisotopic (exact) mass is 680 g/mol. The van der Waals surface area contributed by atoms with Crippen molar-refractivity contribution >= 4 is 39.6 Å². The summed E-state index contributed by atoms with van der Waals surface area (Å²) in [7, 11) is 0. The number of fused-ring (bicyclic) bond motifs is 8. The van der Waals surface area contributed by atoms with E-state index in [9.17, 15) is 18.0 Å². The molecule has 9 rings (SSSR count). The molecule has 4 aromatic heterocycles. The molecule has 6 bridgehead atoms. The number of imidazole rings is 1. The number of rotatable bonds is 2. The predicted octanol–water partition coefficient (Wildman–Crippen LogP) is 4.64. The molecule has 2 aromatic carbocycles. The molecule has 15 heteroatoms. The number of ether oxygens (including phenoxy) is 1. The highest BCUT2D eigenvalue weighted by Gasteiger charge is 2.42. The quantitative estimate of drug-likeness (QED) is 0.279. The number of hydrogen-bond donors (Lipinski definition) is 1. The van der Waals surface area contributed by atoms with Gasteiger partial charge in [0.2, 0.25) is 5.91 Å². The zero-order valence-electron chi connectivity index (χ0n) is 26.9. The van der Waals surface area contributed by atoms with Gasteiger partial charge in [-0.1, -0.05) is 6.07 Å². The van der Waals surface area contributed by atoms with Crippen LogP contribution in [0.4, 0.5) is 24.8 Å². The van der Waals surface area contributed by atoms with Crippen molar-refractivity contribution in [1.82, 2.24) is 39.2 Å². The average Bonchev–Trinajstić information content (AvgIpc) is 3.81. The lowest BCUT2D eigenvalue weighted by Crippen LogP contribution is -2.52. The van der Waals surface area contributed by atoms with Gasteiger partial charge in [-0.25, -0.2) is 37.8 Å². The lowest BCUT2D eigenvalue weighted by atomic mass is 10.1. The summed E-state index contributed by atoms with van der Waals surface area (Å²) < 4.78 is 53.0. The van der Waals surface area contributed by atoms with Crippen LogP contribution in [0.5, 0.6) is 0 Å². The van der Waals surface area contributed by atoms with Crippen molar-refractivity contribution in [3.05, 3.63) is 84.3 Å². The summed E-state index contributed by atoms with van der Waals surface area (Å²) in [5.41, 5.74) is 2.93. The molecule has 7 heterocycles. The van der Waals surface area contributed by atoms with Crippen molar-refractivity contribution < 1.29 is 22.7 Å². The van der Waals surface area contributed by atoms with Crippen LogP contribution in [-0.2, 0) is 16.1 Å². The lowest BCUT2D eigenvalue weighted by molar-refractivity contribution is -0.140. The van der Waals surface area contributed by atoms with Gasteiger partial charge in [0.05, 0.1) is 41.0 Å². The highest BCUT2D eigenvalue weighted by atomic mass is 19.1. The van der Waals surface area contributed by atoms with Crippen molar-refractivity contribution in [3.8, 4) is 16.9 Å². The van der Waals surface area contributed by atoms with Crippen LogP contribution in [0, 0.1) is 24.4 Å². The number of benzene rings is 2. The van der Waals surface area contributed by atoms with Crippen LogP contribution in [0.3, 0.4) is 0 Å². The molecule has 0 radical (unpaired) electrons. The molecule has 6 aromatic rings. The summed E-state index contributed by atoms with van der Waals surface area (Å²) in [6.45, 7) is 4.09. The van der Waals surface area contributed by atoms with Crippen molar-refractivity contribution in [2.24, 2.45) is 0 Å². The number of morpholine rings is 1. The van der Waals surface area contributed by atoms with Gasteiger partial charge in [-0.05, 0) is 50.1 Å². The number of aryl methyl sites for hydroxylation is 2. The number of nitrogens with zero attached hydrogens (tertiary/aromatic N) is 9. The molecule has 50 heavy (non-hydrogen) atoms. The summed E-state index contributed by atoms with van der Waals surface area (Å²) >= 11 is 0. The highest BCUT2D eigenvalue weighted by molar-refractivity contribution is 5.94. The standard InChI is InChI=1S/C35H31F3N10O2/c1-19-42-28-13-21(37)11-24-27-3-2-4-31(44-27)43-22-14-30(35(49)45-9-10-50-23(17-45)7-8-46(19)32(24)28)47(16-22)33-25-15-41-48(34(25)40-18-39-33)29-6-5-20(36)12-26(29)38/h2-6,11-13,15,18,22-23,30H,7-10,14,16-17H2,1H3,(H,43,44)/t22-,23?,30-/m0/s1. The molecular formula is C35H31F3N10O2. The summed E-state index contributed by atoms with van der Waals surface area (Å²) in [5, 5.41) is 8.42. The zero-order valence-corrected chi connectivity index (χ0v) is 26.9. The molecule has 2 saturated heterocycles. The number of anilines is 2. The maximum absolute atomic E-state index is 15.0. The second-order valence-corrected chi connectivity index (χ2v) is 12.9. The van der Waals surface area contributed by atoms with Gasteiger partial charge in [0.1, 0.15) is 47.2 Å². The summed E-state index contributed by atoms with van der Waals surface area (Å²) in [4.78, 5) is 36.8. The number of pyridine rings is 1. The van der Waals surface area contributed by atoms with Crippen LogP contribution in [0.25, 0.3) is 39.0 Å². The number of halogens is 3. The fourth-order valence-corrected chi connectivity index (χ4v) is 7.57. The van der Waals surface area contributed by atoms with Crippen LogP contribution >= 0.6 is 0 Å². The molecule has 254 valence electrons. The summed E-state index contributed by atoms with van der Waals surface area (Å²) in [5.74, 6) is -0.136. The third kappa shape index (κ3) is 5.11. The van der Waals surface area contributed by atoms with Crippen molar-refractivity contribution in [1.29, 1.82) is 0 Å². The number of aromatic nitrogens is 7. The number of amides is 1. The minimum Gasteiger partial charge on any atom is -0.374 e. The molecule has 1 N–H and O–H groups in total. The maximum Gasteiger partial charge on any atom is 0.245 e. The second kappa shape index (κ2) is 11.8. The Balaban J connectivity index is 1.14. The third-order valence-electron chi connectivity index (χ3n) is 9.84. The number of carbonyl (C=O) groups is 1. The number of hydrogen-bond acceptors (Lipinski definition) is 9. The second-order valence-electron chi connectivity index (χ2n) is 12.9. The van der Waals surface area contributed by atoms with E-state index in [1.54, 1.807) is 0 Å². The fourth-order valence-electron chi connectivity index (χ4n) is 7.57. The van der Waals surface area contributed by atoms with Crippen LogP contribution in [0.2, 0.25) is 0 Å². The summed E-state index contributed by atoms with van der Waals surface area (Å²) in [6.07, 6.45) is 3.73. The zero-order chi connectivity index (χ0) is 34.1.